The maximum absolute atomic E-state index is 12.5. The number of H-pyrrole nitrogens is 1. The number of carbonyl (C=O) groups is 2. The van der Waals surface area contributed by atoms with Gasteiger partial charge in [0.25, 0.3) is 5.91 Å². The van der Waals surface area contributed by atoms with E-state index in [1.165, 1.54) is 0 Å². The van der Waals surface area contributed by atoms with Crippen LogP contribution in [0.4, 0.5) is 0 Å². The number of rotatable bonds is 3. The van der Waals surface area contributed by atoms with E-state index in [9.17, 15) is 9.59 Å². The molecular formula is C13H14N4O3. The summed E-state index contributed by atoms with van der Waals surface area (Å²) in [5.41, 5.74) is 1.85. The summed E-state index contributed by atoms with van der Waals surface area (Å²) in [7, 11) is 0. The molecule has 0 saturated carbocycles. The lowest BCUT2D eigenvalue weighted by Gasteiger charge is -2.23. The van der Waals surface area contributed by atoms with Crippen LogP contribution < -0.4 is 0 Å². The molecule has 1 atom stereocenters. The Kier molecular flexibility index (Phi) is 3.09. The zero-order valence-corrected chi connectivity index (χ0v) is 10.7. The molecule has 2 N–H and O–H groups in total. The Morgan fingerprint density at radius 2 is 2.15 bits per heavy atom. The van der Waals surface area contributed by atoms with E-state index in [0.29, 0.717) is 23.1 Å². The SMILES string of the molecule is O=C(O)CC1CCCN1C(=O)c1ccc2n[nH]nc2c1. The van der Waals surface area contributed by atoms with Crippen LogP contribution in [0.5, 0.6) is 0 Å². The first-order chi connectivity index (χ1) is 9.65. The van der Waals surface area contributed by atoms with Crippen LogP contribution in [-0.2, 0) is 4.79 Å². The van der Waals surface area contributed by atoms with Crippen LogP contribution in [0, 0.1) is 0 Å². The number of fused-ring (bicyclic) bond motifs is 1. The summed E-state index contributed by atoms with van der Waals surface area (Å²) in [6.45, 7) is 0.605. The average Bonchev–Trinajstić information content (AvgIpc) is 3.04. The van der Waals surface area contributed by atoms with Gasteiger partial charge in [-0.2, -0.15) is 15.4 Å². The van der Waals surface area contributed by atoms with E-state index in [1.807, 2.05) is 0 Å². The highest BCUT2D eigenvalue weighted by Crippen LogP contribution is 2.23. The average molecular weight is 274 g/mol. The first-order valence-electron chi connectivity index (χ1n) is 6.48. The molecule has 7 heteroatoms. The second kappa shape index (κ2) is 4.92. The van der Waals surface area contributed by atoms with Gasteiger partial charge in [-0.1, -0.05) is 0 Å². The number of nitrogens with zero attached hydrogens (tertiary/aromatic N) is 3. The van der Waals surface area contributed by atoms with E-state index in [2.05, 4.69) is 15.4 Å². The third-order valence-electron chi connectivity index (χ3n) is 3.61. The highest BCUT2D eigenvalue weighted by molar-refractivity contribution is 5.97. The number of benzene rings is 1. The van der Waals surface area contributed by atoms with Gasteiger partial charge in [0.2, 0.25) is 0 Å². The van der Waals surface area contributed by atoms with Crippen molar-refractivity contribution in [2.75, 3.05) is 6.54 Å². The van der Waals surface area contributed by atoms with Crippen molar-refractivity contribution in [1.29, 1.82) is 0 Å². The fourth-order valence-electron chi connectivity index (χ4n) is 2.66. The van der Waals surface area contributed by atoms with Crippen LogP contribution in [0.25, 0.3) is 11.0 Å². The standard InChI is InChI=1S/C13H14N4O3/c18-12(19)7-9-2-1-5-17(9)13(20)8-3-4-10-11(6-8)15-16-14-10/h3-4,6,9H,1-2,5,7H2,(H,18,19)(H,14,15,16). The van der Waals surface area contributed by atoms with Gasteiger partial charge in [0, 0.05) is 18.2 Å². The Labute approximate surface area is 114 Å². The molecule has 1 aromatic carbocycles. The largest absolute Gasteiger partial charge is 0.481 e. The minimum absolute atomic E-state index is 0.00204. The molecule has 20 heavy (non-hydrogen) atoms. The number of carboxylic acids is 1. The van der Waals surface area contributed by atoms with Gasteiger partial charge >= 0.3 is 5.97 Å². The molecule has 1 aromatic heterocycles. The predicted octanol–water partition coefficient (Wildman–Crippen LogP) is 1.04. The molecule has 1 unspecified atom stereocenters. The van der Waals surface area contributed by atoms with Gasteiger partial charge in [-0.15, -0.1) is 0 Å². The van der Waals surface area contributed by atoms with Gasteiger partial charge < -0.3 is 10.0 Å². The van der Waals surface area contributed by atoms with Gasteiger partial charge in [-0.05, 0) is 31.0 Å². The van der Waals surface area contributed by atoms with E-state index in [4.69, 9.17) is 5.11 Å². The number of carbonyl (C=O) groups excluding carboxylic acids is 1. The van der Waals surface area contributed by atoms with E-state index in [1.54, 1.807) is 23.1 Å². The lowest BCUT2D eigenvalue weighted by Crippen LogP contribution is -2.36. The fraction of sp³-hybridized carbons (Fsp3) is 0.385. The molecule has 2 aromatic rings. The summed E-state index contributed by atoms with van der Waals surface area (Å²) in [6, 6.07) is 4.89. The number of carboxylic acid groups (broad SMARTS) is 1. The molecule has 3 rings (SSSR count). The molecular weight excluding hydrogens is 260 g/mol. The van der Waals surface area contributed by atoms with Crippen LogP contribution in [0.15, 0.2) is 18.2 Å². The Bertz CT molecular complexity index is 666. The lowest BCUT2D eigenvalue weighted by atomic mass is 10.1. The molecule has 1 aliphatic rings. The van der Waals surface area contributed by atoms with Crippen molar-refractivity contribution in [1.82, 2.24) is 20.3 Å². The van der Waals surface area contributed by atoms with Crippen molar-refractivity contribution in [3.8, 4) is 0 Å². The third-order valence-corrected chi connectivity index (χ3v) is 3.61. The molecule has 1 saturated heterocycles. The molecule has 0 bridgehead atoms. The predicted molar refractivity (Wildman–Crippen MR) is 70.2 cm³/mol. The van der Waals surface area contributed by atoms with Gasteiger partial charge in [0.15, 0.2) is 0 Å². The van der Waals surface area contributed by atoms with E-state index in [-0.39, 0.29) is 18.4 Å². The minimum Gasteiger partial charge on any atom is -0.481 e. The van der Waals surface area contributed by atoms with Gasteiger partial charge in [-0.3, -0.25) is 9.59 Å². The molecule has 1 aliphatic heterocycles. The summed E-state index contributed by atoms with van der Waals surface area (Å²) in [6.07, 6.45) is 1.58. The molecule has 0 aliphatic carbocycles. The Balaban J connectivity index is 1.85. The zero-order valence-electron chi connectivity index (χ0n) is 10.7. The van der Waals surface area contributed by atoms with E-state index in [0.717, 1.165) is 12.8 Å². The summed E-state index contributed by atoms with van der Waals surface area (Å²) in [5.74, 6) is -1.01. The van der Waals surface area contributed by atoms with Crippen molar-refractivity contribution in [3.63, 3.8) is 0 Å². The van der Waals surface area contributed by atoms with Crippen molar-refractivity contribution in [2.45, 2.75) is 25.3 Å². The minimum atomic E-state index is -0.873. The maximum atomic E-state index is 12.5. The first-order valence-corrected chi connectivity index (χ1v) is 6.48. The number of hydrogen-bond donors (Lipinski definition) is 2. The molecule has 1 amide bonds. The van der Waals surface area contributed by atoms with Gasteiger partial charge in [0.1, 0.15) is 11.0 Å². The highest BCUT2D eigenvalue weighted by atomic mass is 16.4. The van der Waals surface area contributed by atoms with Crippen LogP contribution in [-0.4, -0.2) is 49.9 Å². The summed E-state index contributed by atoms with van der Waals surface area (Å²) >= 11 is 0. The van der Waals surface area contributed by atoms with Crippen molar-refractivity contribution in [3.05, 3.63) is 23.8 Å². The third kappa shape index (κ3) is 2.22. The van der Waals surface area contributed by atoms with Gasteiger partial charge in [0.05, 0.1) is 6.42 Å². The normalized spacial score (nSPS) is 18.6. The highest BCUT2D eigenvalue weighted by Gasteiger charge is 2.31. The summed E-state index contributed by atoms with van der Waals surface area (Å²) in [5, 5.41) is 19.3. The molecule has 104 valence electrons. The Morgan fingerprint density at radius 3 is 2.95 bits per heavy atom. The number of hydrogen-bond acceptors (Lipinski definition) is 4. The van der Waals surface area contributed by atoms with Crippen molar-refractivity contribution in [2.24, 2.45) is 0 Å². The monoisotopic (exact) mass is 274 g/mol. The zero-order chi connectivity index (χ0) is 14.1. The van der Waals surface area contributed by atoms with E-state index >= 15 is 0 Å². The second-order valence-corrected chi connectivity index (χ2v) is 4.92. The number of aromatic nitrogens is 3. The fourth-order valence-corrected chi connectivity index (χ4v) is 2.66. The van der Waals surface area contributed by atoms with Crippen LogP contribution >= 0.6 is 0 Å². The quantitative estimate of drug-likeness (QED) is 0.871. The molecule has 0 spiro atoms. The number of aromatic amines is 1. The van der Waals surface area contributed by atoms with Gasteiger partial charge in [-0.25, -0.2) is 0 Å². The molecule has 2 heterocycles. The number of likely N-dealkylation sites (tertiary alicyclic amines) is 1. The summed E-state index contributed by atoms with van der Waals surface area (Å²) in [4.78, 5) is 25.0. The Morgan fingerprint density at radius 1 is 1.35 bits per heavy atom. The number of aliphatic carboxylic acids is 1. The van der Waals surface area contributed by atoms with Crippen LogP contribution in [0.3, 0.4) is 0 Å². The van der Waals surface area contributed by atoms with Crippen molar-refractivity contribution >= 4 is 22.9 Å². The Hall–Kier alpha value is -2.44. The van der Waals surface area contributed by atoms with E-state index < -0.39 is 5.97 Å². The number of amides is 1. The maximum Gasteiger partial charge on any atom is 0.305 e. The smallest absolute Gasteiger partial charge is 0.305 e. The molecule has 0 radical (unpaired) electrons. The number of nitrogens with one attached hydrogen (secondary N) is 1. The summed E-state index contributed by atoms with van der Waals surface area (Å²) < 4.78 is 0. The lowest BCUT2D eigenvalue weighted by molar-refractivity contribution is -0.137. The van der Waals surface area contributed by atoms with Crippen LogP contribution in [0.1, 0.15) is 29.6 Å². The first kappa shape index (κ1) is 12.6. The molecule has 7 nitrogen and oxygen atoms in total. The second-order valence-electron chi connectivity index (χ2n) is 4.92. The van der Waals surface area contributed by atoms with Crippen LogP contribution in [0.2, 0.25) is 0 Å². The molecule has 1 fully saturated rings. The van der Waals surface area contributed by atoms with Crippen molar-refractivity contribution < 1.29 is 14.7 Å². The topological polar surface area (TPSA) is 99.2 Å².